The van der Waals surface area contributed by atoms with Crippen LogP contribution in [-0.2, 0) is 17.9 Å². The van der Waals surface area contributed by atoms with E-state index in [0.29, 0.717) is 24.3 Å². The molecule has 0 saturated heterocycles. The van der Waals surface area contributed by atoms with Gasteiger partial charge in [-0.3, -0.25) is 24.0 Å². The number of carbonyl (C=O) groups excluding carboxylic acids is 1. The highest BCUT2D eigenvalue weighted by Crippen LogP contribution is 2.25. The molecule has 0 aliphatic heterocycles. The van der Waals surface area contributed by atoms with Crippen LogP contribution in [0.2, 0.25) is 0 Å². The molecule has 0 spiro atoms. The van der Waals surface area contributed by atoms with Crippen molar-refractivity contribution in [3.05, 3.63) is 79.1 Å². The minimum Gasteiger partial charge on any atom is -0.496 e. The van der Waals surface area contributed by atoms with E-state index in [1.807, 2.05) is 35.9 Å². The predicted octanol–water partition coefficient (Wildman–Crippen LogP) is 3.24. The molecule has 0 aliphatic carbocycles. The Hall–Kier alpha value is -3.59. The molecule has 168 valence electrons. The molecular weight excluding hydrogens is 428 g/mol. The number of hydrogen-bond acceptors (Lipinski definition) is 6. The lowest BCUT2D eigenvalue weighted by Crippen LogP contribution is -2.40. The van der Waals surface area contributed by atoms with Crippen molar-refractivity contribution < 1.29 is 9.53 Å². The first-order valence-corrected chi connectivity index (χ1v) is 11.2. The third kappa shape index (κ3) is 5.17. The largest absolute Gasteiger partial charge is 0.496 e. The number of aromatic amines is 1. The molecular formula is C23H26N4O4S. The van der Waals surface area contributed by atoms with Gasteiger partial charge in [-0.1, -0.05) is 31.5 Å². The lowest BCUT2D eigenvalue weighted by molar-refractivity contribution is -0.114. The fraction of sp³-hybridized carbons (Fsp3) is 0.261. The Morgan fingerprint density at radius 3 is 2.75 bits per heavy atom. The third-order valence-corrected chi connectivity index (χ3v) is 5.67. The van der Waals surface area contributed by atoms with E-state index in [4.69, 9.17) is 10.5 Å². The number of rotatable bonds is 9. The van der Waals surface area contributed by atoms with E-state index in [2.05, 4.69) is 4.98 Å². The van der Waals surface area contributed by atoms with Crippen molar-refractivity contribution in [1.82, 2.24) is 9.55 Å². The van der Waals surface area contributed by atoms with Crippen molar-refractivity contribution >= 4 is 34.8 Å². The van der Waals surface area contributed by atoms with Gasteiger partial charge in [0.2, 0.25) is 0 Å². The van der Waals surface area contributed by atoms with Crippen LogP contribution in [0.4, 0.5) is 11.5 Å². The molecule has 0 bridgehead atoms. The number of nitrogens with zero attached hydrogens (tertiary/aromatic N) is 2. The number of anilines is 2. The second-order valence-corrected chi connectivity index (χ2v) is 7.90. The average Bonchev–Trinajstić information content (AvgIpc) is 3.30. The van der Waals surface area contributed by atoms with E-state index >= 15 is 0 Å². The SMILES string of the molecule is CCCCn1c(N)c(N(Cc2ccccc2OC)C(=O)/C=C/c2ccsc2)c(=O)[nH]c1=O. The summed E-state index contributed by atoms with van der Waals surface area (Å²) < 4.78 is 6.71. The molecule has 2 heterocycles. The van der Waals surface area contributed by atoms with Crippen LogP contribution < -0.4 is 26.6 Å². The highest BCUT2D eigenvalue weighted by Gasteiger charge is 2.24. The number of carbonyl (C=O) groups is 1. The van der Waals surface area contributed by atoms with Crippen LogP contribution in [0.5, 0.6) is 5.75 Å². The number of amides is 1. The van der Waals surface area contributed by atoms with Gasteiger partial charge in [0.15, 0.2) is 5.69 Å². The summed E-state index contributed by atoms with van der Waals surface area (Å²) in [7, 11) is 1.54. The Labute approximate surface area is 189 Å². The topological polar surface area (TPSA) is 110 Å². The van der Waals surface area contributed by atoms with Crippen LogP contribution in [0.3, 0.4) is 0 Å². The van der Waals surface area contributed by atoms with Gasteiger partial charge in [-0.05, 0) is 41.0 Å². The van der Waals surface area contributed by atoms with Crippen molar-refractivity contribution in [3.63, 3.8) is 0 Å². The number of nitrogen functional groups attached to an aromatic ring is 1. The number of thiophene rings is 1. The van der Waals surface area contributed by atoms with E-state index in [0.717, 1.165) is 12.0 Å². The molecule has 8 nitrogen and oxygen atoms in total. The second kappa shape index (κ2) is 10.6. The van der Waals surface area contributed by atoms with Gasteiger partial charge in [0.1, 0.15) is 11.6 Å². The van der Waals surface area contributed by atoms with Crippen LogP contribution in [-0.4, -0.2) is 22.6 Å². The monoisotopic (exact) mass is 454 g/mol. The Morgan fingerprint density at radius 2 is 2.06 bits per heavy atom. The van der Waals surface area contributed by atoms with Crippen molar-refractivity contribution in [1.29, 1.82) is 0 Å². The molecule has 3 rings (SSSR count). The molecule has 0 saturated carbocycles. The predicted molar refractivity (Wildman–Crippen MR) is 128 cm³/mol. The van der Waals surface area contributed by atoms with Gasteiger partial charge in [-0.2, -0.15) is 11.3 Å². The van der Waals surface area contributed by atoms with E-state index in [-0.39, 0.29) is 18.1 Å². The first-order valence-electron chi connectivity index (χ1n) is 10.2. The highest BCUT2D eigenvalue weighted by molar-refractivity contribution is 7.08. The first kappa shape index (κ1) is 23.1. The maximum Gasteiger partial charge on any atom is 0.330 e. The summed E-state index contributed by atoms with van der Waals surface area (Å²) in [6.07, 6.45) is 4.60. The summed E-state index contributed by atoms with van der Waals surface area (Å²) in [5.41, 5.74) is 6.46. The highest BCUT2D eigenvalue weighted by atomic mass is 32.1. The number of ether oxygens (including phenoxy) is 1. The van der Waals surface area contributed by atoms with Gasteiger partial charge >= 0.3 is 5.69 Å². The molecule has 0 atom stereocenters. The van der Waals surface area contributed by atoms with Crippen LogP contribution in [0.25, 0.3) is 6.08 Å². The number of benzene rings is 1. The van der Waals surface area contributed by atoms with Crippen LogP contribution in [0, 0.1) is 0 Å². The molecule has 9 heteroatoms. The molecule has 0 radical (unpaired) electrons. The number of nitrogens with one attached hydrogen (secondary N) is 1. The molecule has 2 aromatic heterocycles. The maximum atomic E-state index is 13.3. The summed E-state index contributed by atoms with van der Waals surface area (Å²) in [6.45, 7) is 2.36. The Morgan fingerprint density at radius 1 is 1.28 bits per heavy atom. The second-order valence-electron chi connectivity index (χ2n) is 7.12. The van der Waals surface area contributed by atoms with E-state index in [1.54, 1.807) is 18.2 Å². The minimum atomic E-state index is -0.715. The number of para-hydroxylation sites is 1. The van der Waals surface area contributed by atoms with Crippen LogP contribution >= 0.6 is 11.3 Å². The lowest BCUT2D eigenvalue weighted by Gasteiger charge is -2.24. The fourth-order valence-corrected chi connectivity index (χ4v) is 3.90. The molecule has 0 aliphatic rings. The van der Waals surface area contributed by atoms with Gasteiger partial charge in [0.25, 0.3) is 11.5 Å². The number of methoxy groups -OCH3 is 1. The lowest BCUT2D eigenvalue weighted by atomic mass is 10.1. The zero-order valence-electron chi connectivity index (χ0n) is 18.0. The summed E-state index contributed by atoms with van der Waals surface area (Å²) in [6, 6.07) is 9.09. The molecule has 1 aromatic carbocycles. The number of unbranched alkanes of at least 4 members (excludes halogenated alkanes) is 1. The third-order valence-electron chi connectivity index (χ3n) is 4.97. The average molecular weight is 455 g/mol. The summed E-state index contributed by atoms with van der Waals surface area (Å²) in [4.78, 5) is 42.0. The summed E-state index contributed by atoms with van der Waals surface area (Å²) >= 11 is 1.51. The smallest absolute Gasteiger partial charge is 0.330 e. The molecule has 1 amide bonds. The number of hydrogen-bond donors (Lipinski definition) is 2. The fourth-order valence-electron chi connectivity index (χ4n) is 3.27. The number of H-pyrrole nitrogens is 1. The van der Waals surface area contributed by atoms with Gasteiger partial charge in [-0.25, -0.2) is 4.79 Å². The molecule has 0 unspecified atom stereocenters. The van der Waals surface area contributed by atoms with E-state index in [1.165, 1.54) is 34.0 Å². The number of nitrogens with two attached hydrogens (primary N) is 1. The Kier molecular flexibility index (Phi) is 7.67. The standard InChI is InChI=1S/C23H26N4O4S/c1-3-4-12-26-21(24)20(22(29)25-23(26)30)27(14-17-7-5-6-8-18(17)31-2)19(28)10-9-16-11-13-32-15-16/h5-11,13,15H,3-4,12,14,24H2,1-2H3,(H,25,29,30)/b10-9+. The Bertz CT molecular complexity index is 1210. The molecule has 32 heavy (non-hydrogen) atoms. The first-order chi connectivity index (χ1) is 15.5. The van der Waals surface area contributed by atoms with Crippen LogP contribution in [0.15, 0.2) is 56.8 Å². The normalized spacial score (nSPS) is 11.1. The van der Waals surface area contributed by atoms with E-state index < -0.39 is 17.2 Å². The van der Waals surface area contributed by atoms with Gasteiger partial charge < -0.3 is 10.5 Å². The van der Waals surface area contributed by atoms with Gasteiger partial charge in [0, 0.05) is 18.2 Å². The zero-order chi connectivity index (χ0) is 23.1. The Balaban J connectivity index is 2.10. The van der Waals surface area contributed by atoms with Gasteiger partial charge in [-0.15, -0.1) is 0 Å². The quantitative estimate of drug-likeness (QED) is 0.482. The van der Waals surface area contributed by atoms with Crippen molar-refractivity contribution in [2.24, 2.45) is 0 Å². The minimum absolute atomic E-state index is 0.0378. The molecule has 0 fully saturated rings. The molecule has 3 aromatic rings. The van der Waals surface area contributed by atoms with Crippen molar-refractivity contribution in [3.8, 4) is 5.75 Å². The van der Waals surface area contributed by atoms with Crippen LogP contribution in [0.1, 0.15) is 30.9 Å². The van der Waals surface area contributed by atoms with Gasteiger partial charge in [0.05, 0.1) is 13.7 Å². The van der Waals surface area contributed by atoms with E-state index in [9.17, 15) is 14.4 Å². The maximum absolute atomic E-state index is 13.3. The molecule has 3 N–H and O–H groups in total. The van der Waals surface area contributed by atoms with Crippen molar-refractivity contribution in [2.75, 3.05) is 17.7 Å². The van der Waals surface area contributed by atoms with Crippen molar-refractivity contribution in [2.45, 2.75) is 32.9 Å². The zero-order valence-corrected chi connectivity index (χ0v) is 18.9. The summed E-state index contributed by atoms with van der Waals surface area (Å²) in [5, 5.41) is 3.81. The summed E-state index contributed by atoms with van der Waals surface area (Å²) in [5.74, 6) is 0.0841. The number of aromatic nitrogens is 2.